The highest BCUT2D eigenvalue weighted by molar-refractivity contribution is 6.74. The monoisotopic (exact) mass is 448 g/mol. The van der Waals surface area contributed by atoms with Gasteiger partial charge in [0.25, 0.3) is 0 Å². The third-order valence-electron chi connectivity index (χ3n) is 6.27. The molecule has 0 saturated carbocycles. The summed E-state index contributed by atoms with van der Waals surface area (Å²) in [5, 5.41) is 21.0. The molecule has 0 aromatic rings. The van der Waals surface area contributed by atoms with Crippen molar-refractivity contribution in [3.63, 3.8) is 0 Å². The summed E-state index contributed by atoms with van der Waals surface area (Å²) in [5.41, 5.74) is 0. The normalized spacial score (nSPS) is 17.3. The van der Waals surface area contributed by atoms with Gasteiger partial charge in [0.05, 0.1) is 25.9 Å². The van der Waals surface area contributed by atoms with E-state index in [9.17, 15) is 15.0 Å². The summed E-state index contributed by atoms with van der Waals surface area (Å²) in [5.74, 6) is -0.457. The quantitative estimate of drug-likeness (QED) is 0.295. The SMILES string of the molecule is COC(=O)/C=C/C[C@H](O[Si](C)(C)C(C)(C)C)[C@@H](O)[C@H](CO)O[Si](C)(C)C(C)(C)C. The fourth-order valence-electron chi connectivity index (χ4n) is 2.19. The molecule has 0 aromatic heterocycles. The van der Waals surface area contributed by atoms with Gasteiger partial charge >= 0.3 is 5.97 Å². The molecule has 0 saturated heterocycles. The molecule has 0 aliphatic carbocycles. The fourth-order valence-corrected chi connectivity index (χ4v) is 4.86. The Morgan fingerprint density at radius 3 is 1.69 bits per heavy atom. The topological polar surface area (TPSA) is 85.2 Å². The molecule has 0 spiro atoms. The summed E-state index contributed by atoms with van der Waals surface area (Å²) >= 11 is 0. The van der Waals surface area contributed by atoms with Crippen LogP contribution in [0.5, 0.6) is 0 Å². The molecule has 0 bridgehead atoms. The van der Waals surface area contributed by atoms with Crippen LogP contribution in [0.25, 0.3) is 0 Å². The van der Waals surface area contributed by atoms with Crippen LogP contribution in [0.3, 0.4) is 0 Å². The predicted octanol–water partition coefficient (Wildman–Crippen LogP) is 4.24. The Bertz CT molecular complexity index is 546. The molecule has 0 fully saturated rings. The van der Waals surface area contributed by atoms with Gasteiger partial charge in [0.1, 0.15) is 6.10 Å². The molecule has 29 heavy (non-hydrogen) atoms. The van der Waals surface area contributed by atoms with E-state index < -0.39 is 40.9 Å². The Balaban J connectivity index is 5.71. The molecular formula is C21H44O6Si2. The first-order chi connectivity index (χ1) is 12.9. The van der Waals surface area contributed by atoms with Gasteiger partial charge in [-0.2, -0.15) is 0 Å². The second kappa shape index (κ2) is 10.7. The van der Waals surface area contributed by atoms with Crippen molar-refractivity contribution in [1.82, 2.24) is 0 Å². The van der Waals surface area contributed by atoms with Gasteiger partial charge in [-0.05, 0) is 42.7 Å². The minimum atomic E-state index is -2.21. The van der Waals surface area contributed by atoms with Crippen molar-refractivity contribution in [2.45, 2.75) is 103 Å². The number of esters is 1. The first-order valence-corrected chi connectivity index (χ1v) is 16.1. The lowest BCUT2D eigenvalue weighted by molar-refractivity contribution is -0.134. The number of carbonyl (C=O) groups is 1. The summed E-state index contributed by atoms with van der Waals surface area (Å²) in [4.78, 5) is 11.4. The molecule has 0 aliphatic heterocycles. The predicted molar refractivity (Wildman–Crippen MR) is 123 cm³/mol. The van der Waals surface area contributed by atoms with Crippen LogP contribution in [0, 0.1) is 0 Å². The molecule has 2 N–H and O–H groups in total. The number of rotatable bonds is 10. The molecule has 0 amide bonds. The highest BCUT2D eigenvalue weighted by Gasteiger charge is 2.44. The number of ether oxygens (including phenoxy) is 1. The number of aliphatic hydroxyl groups is 2. The van der Waals surface area contributed by atoms with Crippen molar-refractivity contribution in [1.29, 1.82) is 0 Å². The Kier molecular flexibility index (Phi) is 10.5. The van der Waals surface area contributed by atoms with E-state index >= 15 is 0 Å². The molecule has 0 radical (unpaired) electrons. The van der Waals surface area contributed by atoms with E-state index in [0.29, 0.717) is 6.42 Å². The smallest absolute Gasteiger partial charge is 0.330 e. The zero-order chi connectivity index (χ0) is 23.3. The van der Waals surface area contributed by atoms with Crippen LogP contribution < -0.4 is 0 Å². The molecule has 0 aromatic carbocycles. The number of hydrogen-bond acceptors (Lipinski definition) is 6. The summed E-state index contributed by atoms with van der Waals surface area (Å²) in [7, 11) is -3.09. The third-order valence-corrected chi connectivity index (χ3v) is 15.3. The maximum atomic E-state index is 11.4. The number of aliphatic hydroxyl groups excluding tert-OH is 2. The summed E-state index contributed by atoms with van der Waals surface area (Å²) in [6.45, 7) is 20.8. The van der Waals surface area contributed by atoms with Gasteiger partial charge < -0.3 is 23.8 Å². The van der Waals surface area contributed by atoms with Gasteiger partial charge in [0.2, 0.25) is 0 Å². The van der Waals surface area contributed by atoms with E-state index in [4.69, 9.17) is 8.85 Å². The van der Waals surface area contributed by atoms with E-state index in [-0.39, 0.29) is 16.7 Å². The lowest BCUT2D eigenvalue weighted by Gasteiger charge is -2.44. The highest BCUT2D eigenvalue weighted by Crippen LogP contribution is 2.40. The molecule has 0 rings (SSSR count). The van der Waals surface area contributed by atoms with Crippen molar-refractivity contribution in [3.8, 4) is 0 Å². The van der Waals surface area contributed by atoms with Crippen molar-refractivity contribution in [2.24, 2.45) is 0 Å². The number of carbonyl (C=O) groups excluding carboxylic acids is 1. The lowest BCUT2D eigenvalue weighted by Crippen LogP contribution is -2.54. The van der Waals surface area contributed by atoms with Crippen LogP contribution in [0.15, 0.2) is 12.2 Å². The van der Waals surface area contributed by atoms with E-state index in [1.54, 1.807) is 6.08 Å². The van der Waals surface area contributed by atoms with Gasteiger partial charge in [-0.3, -0.25) is 0 Å². The van der Waals surface area contributed by atoms with Crippen LogP contribution in [0.1, 0.15) is 48.0 Å². The second-order valence-corrected chi connectivity index (χ2v) is 20.2. The second-order valence-electron chi connectivity index (χ2n) is 10.7. The first-order valence-electron chi connectivity index (χ1n) is 10.3. The molecule has 3 atom stereocenters. The fraction of sp³-hybridized carbons (Fsp3) is 0.857. The van der Waals surface area contributed by atoms with Gasteiger partial charge in [-0.25, -0.2) is 4.79 Å². The van der Waals surface area contributed by atoms with Crippen LogP contribution in [-0.4, -0.2) is 64.8 Å². The third kappa shape index (κ3) is 8.63. The molecule has 0 aliphatic rings. The molecule has 0 heterocycles. The van der Waals surface area contributed by atoms with Crippen molar-refractivity contribution < 1.29 is 28.6 Å². The molecule has 8 heteroatoms. The van der Waals surface area contributed by atoms with Crippen LogP contribution in [0.2, 0.25) is 36.3 Å². The van der Waals surface area contributed by atoms with Gasteiger partial charge in [-0.15, -0.1) is 0 Å². The molecule has 6 nitrogen and oxygen atoms in total. The zero-order valence-electron chi connectivity index (χ0n) is 20.3. The molecular weight excluding hydrogens is 404 g/mol. The highest BCUT2D eigenvalue weighted by atomic mass is 28.4. The van der Waals surface area contributed by atoms with E-state index in [1.807, 2.05) is 0 Å². The maximum Gasteiger partial charge on any atom is 0.330 e. The first kappa shape index (κ1) is 28.5. The van der Waals surface area contributed by atoms with Crippen molar-refractivity contribution in [3.05, 3.63) is 12.2 Å². The molecule has 172 valence electrons. The lowest BCUT2D eigenvalue weighted by atomic mass is 10.1. The minimum absolute atomic E-state index is 0.0496. The molecule has 0 unspecified atom stereocenters. The van der Waals surface area contributed by atoms with Crippen molar-refractivity contribution >= 4 is 22.6 Å². The Labute approximate surface area is 179 Å². The van der Waals surface area contributed by atoms with Crippen LogP contribution in [-0.2, 0) is 18.4 Å². The maximum absolute atomic E-state index is 11.4. The summed E-state index contributed by atoms with van der Waals surface area (Å²) in [6, 6.07) is 0. The Hall–Kier alpha value is -0.516. The van der Waals surface area contributed by atoms with Crippen molar-refractivity contribution in [2.75, 3.05) is 13.7 Å². The van der Waals surface area contributed by atoms with Gasteiger partial charge in [0, 0.05) is 6.08 Å². The van der Waals surface area contributed by atoms with Gasteiger partial charge in [-0.1, -0.05) is 47.6 Å². The summed E-state index contributed by atoms with van der Waals surface area (Å²) in [6.07, 6.45) is 0.923. The van der Waals surface area contributed by atoms with Crippen LogP contribution in [0.4, 0.5) is 0 Å². The zero-order valence-corrected chi connectivity index (χ0v) is 22.3. The van der Waals surface area contributed by atoms with Crippen LogP contribution >= 0.6 is 0 Å². The number of methoxy groups -OCH3 is 1. The Morgan fingerprint density at radius 2 is 1.34 bits per heavy atom. The standard InChI is InChI=1S/C21H44O6Si2/c1-20(2,3)28(8,9)26-16(13-12-14-18(23)25-7)19(24)17(15-22)27-29(10,11)21(4,5)6/h12,14,16-17,19,22,24H,13,15H2,1-11H3/b14-12+/t16-,17-,19+/m0/s1. The summed E-state index contributed by atoms with van der Waals surface area (Å²) < 4.78 is 17.4. The van der Waals surface area contributed by atoms with Gasteiger partial charge in [0.15, 0.2) is 16.6 Å². The largest absolute Gasteiger partial charge is 0.466 e. The average molecular weight is 449 g/mol. The van der Waals surface area contributed by atoms with E-state index in [1.165, 1.54) is 13.2 Å². The van der Waals surface area contributed by atoms with E-state index in [2.05, 4.69) is 72.5 Å². The number of hydrogen-bond donors (Lipinski definition) is 2. The average Bonchev–Trinajstić information content (AvgIpc) is 2.55. The Morgan fingerprint density at radius 1 is 0.931 bits per heavy atom. The minimum Gasteiger partial charge on any atom is -0.466 e. The van der Waals surface area contributed by atoms with E-state index in [0.717, 1.165) is 0 Å².